The van der Waals surface area contributed by atoms with Crippen molar-refractivity contribution in [3.63, 3.8) is 0 Å². The van der Waals surface area contributed by atoms with E-state index in [2.05, 4.69) is 26.1 Å². The van der Waals surface area contributed by atoms with Crippen LogP contribution in [0.25, 0.3) is 0 Å². The molecular formula is C9H23NO. The Kier molecular flexibility index (Phi) is 15.4. The molecule has 0 aromatic rings. The van der Waals surface area contributed by atoms with Gasteiger partial charge in [0, 0.05) is 13.2 Å². The summed E-state index contributed by atoms with van der Waals surface area (Å²) in [5.74, 6) is 0. The minimum Gasteiger partial charge on any atom is -0.383 e. The standard InChI is InChI=1S/C5H13NO.C4H10/c1-5(6-2)4-7-3;1-3-4-2/h5-6H,4H2,1-3H3;3-4H2,1-2H3/t5-;/m1./s1. The van der Waals surface area contributed by atoms with Gasteiger partial charge >= 0.3 is 0 Å². The van der Waals surface area contributed by atoms with Crippen molar-refractivity contribution in [3.8, 4) is 0 Å². The van der Waals surface area contributed by atoms with E-state index in [1.54, 1.807) is 7.11 Å². The molecular weight excluding hydrogens is 138 g/mol. The number of hydrogen-bond acceptors (Lipinski definition) is 2. The van der Waals surface area contributed by atoms with Crippen LogP contribution < -0.4 is 5.32 Å². The zero-order chi connectivity index (χ0) is 9.11. The highest BCUT2D eigenvalue weighted by atomic mass is 16.5. The molecule has 0 rings (SSSR count). The first-order valence-electron chi connectivity index (χ1n) is 4.39. The molecule has 0 aliphatic rings. The number of unbranched alkanes of at least 4 members (excludes halogenated alkanes) is 1. The monoisotopic (exact) mass is 161 g/mol. The summed E-state index contributed by atoms with van der Waals surface area (Å²) in [5, 5.41) is 3.04. The smallest absolute Gasteiger partial charge is 0.0613 e. The summed E-state index contributed by atoms with van der Waals surface area (Å²) in [6.45, 7) is 7.22. The fourth-order valence-electron chi connectivity index (χ4n) is 0.333. The van der Waals surface area contributed by atoms with E-state index < -0.39 is 0 Å². The van der Waals surface area contributed by atoms with Crippen LogP contribution in [0, 0.1) is 0 Å². The van der Waals surface area contributed by atoms with Crippen molar-refractivity contribution in [1.29, 1.82) is 0 Å². The number of rotatable bonds is 4. The first-order valence-corrected chi connectivity index (χ1v) is 4.39. The molecule has 0 bridgehead atoms. The molecule has 0 spiro atoms. The molecule has 0 aliphatic carbocycles. The van der Waals surface area contributed by atoms with Crippen LogP contribution in [0.2, 0.25) is 0 Å². The molecule has 2 nitrogen and oxygen atoms in total. The summed E-state index contributed by atoms with van der Waals surface area (Å²) in [6.07, 6.45) is 2.64. The van der Waals surface area contributed by atoms with Crippen molar-refractivity contribution in [2.75, 3.05) is 20.8 Å². The van der Waals surface area contributed by atoms with E-state index in [4.69, 9.17) is 4.74 Å². The van der Waals surface area contributed by atoms with Crippen molar-refractivity contribution in [2.24, 2.45) is 0 Å². The second-order valence-corrected chi connectivity index (χ2v) is 2.65. The van der Waals surface area contributed by atoms with Crippen LogP contribution in [0.1, 0.15) is 33.6 Å². The lowest BCUT2D eigenvalue weighted by Gasteiger charge is -2.05. The van der Waals surface area contributed by atoms with Gasteiger partial charge in [-0.2, -0.15) is 0 Å². The third kappa shape index (κ3) is 17.8. The van der Waals surface area contributed by atoms with E-state index in [1.165, 1.54) is 12.8 Å². The van der Waals surface area contributed by atoms with Gasteiger partial charge in [0.05, 0.1) is 6.61 Å². The normalized spacial score (nSPS) is 11.7. The Morgan fingerprint density at radius 1 is 1.27 bits per heavy atom. The van der Waals surface area contributed by atoms with E-state index >= 15 is 0 Å². The maximum Gasteiger partial charge on any atom is 0.0613 e. The Morgan fingerprint density at radius 3 is 1.82 bits per heavy atom. The molecule has 0 aromatic carbocycles. The van der Waals surface area contributed by atoms with Gasteiger partial charge in [-0.3, -0.25) is 0 Å². The van der Waals surface area contributed by atoms with E-state index in [-0.39, 0.29) is 0 Å². The molecule has 0 heterocycles. The van der Waals surface area contributed by atoms with Crippen LogP contribution in [0.4, 0.5) is 0 Å². The maximum atomic E-state index is 4.83. The first kappa shape index (κ1) is 13.5. The molecule has 0 fully saturated rings. The number of nitrogens with one attached hydrogen (secondary N) is 1. The molecule has 70 valence electrons. The number of likely N-dealkylation sites (N-methyl/N-ethyl adjacent to an activating group) is 1. The predicted octanol–water partition coefficient (Wildman–Crippen LogP) is 2.05. The second-order valence-electron chi connectivity index (χ2n) is 2.65. The van der Waals surface area contributed by atoms with E-state index in [1.807, 2.05) is 7.05 Å². The molecule has 2 heteroatoms. The molecule has 0 radical (unpaired) electrons. The van der Waals surface area contributed by atoms with Gasteiger partial charge in [-0.1, -0.05) is 26.7 Å². The molecule has 0 saturated carbocycles. The van der Waals surface area contributed by atoms with Crippen LogP contribution in [0.3, 0.4) is 0 Å². The van der Waals surface area contributed by atoms with Gasteiger partial charge in [-0.05, 0) is 14.0 Å². The van der Waals surface area contributed by atoms with E-state index in [0.717, 1.165) is 6.61 Å². The Hall–Kier alpha value is -0.0800. The van der Waals surface area contributed by atoms with Gasteiger partial charge in [-0.15, -0.1) is 0 Å². The lowest BCUT2D eigenvalue weighted by Crippen LogP contribution is -2.25. The van der Waals surface area contributed by atoms with Crippen LogP contribution in [0.5, 0.6) is 0 Å². The van der Waals surface area contributed by atoms with Crippen molar-refractivity contribution >= 4 is 0 Å². The summed E-state index contributed by atoms with van der Waals surface area (Å²) in [6, 6.07) is 0.477. The van der Waals surface area contributed by atoms with Crippen molar-refractivity contribution < 1.29 is 4.74 Å². The van der Waals surface area contributed by atoms with Crippen molar-refractivity contribution in [1.82, 2.24) is 5.32 Å². The lowest BCUT2D eigenvalue weighted by atomic mass is 10.4. The third-order valence-electron chi connectivity index (χ3n) is 1.41. The SMILES string of the molecule is CCCC.CN[C@H](C)COC. The average Bonchev–Trinajstić information content (AvgIpc) is 2.05. The summed E-state index contributed by atoms with van der Waals surface area (Å²) in [7, 11) is 3.62. The minimum absolute atomic E-state index is 0.477. The first-order chi connectivity index (χ1) is 5.22. The third-order valence-corrected chi connectivity index (χ3v) is 1.41. The van der Waals surface area contributed by atoms with Crippen molar-refractivity contribution in [2.45, 2.75) is 39.7 Å². The largest absolute Gasteiger partial charge is 0.383 e. The van der Waals surface area contributed by atoms with E-state index in [9.17, 15) is 0 Å². The van der Waals surface area contributed by atoms with Crippen LogP contribution in [0.15, 0.2) is 0 Å². The number of ether oxygens (including phenoxy) is 1. The predicted molar refractivity (Wildman–Crippen MR) is 51.0 cm³/mol. The Bertz CT molecular complexity index is 55.5. The average molecular weight is 161 g/mol. The Balaban J connectivity index is 0. The summed E-state index contributed by atoms with van der Waals surface area (Å²) < 4.78 is 4.83. The number of hydrogen-bond donors (Lipinski definition) is 1. The van der Waals surface area contributed by atoms with Crippen LogP contribution in [-0.4, -0.2) is 26.8 Å². The van der Waals surface area contributed by atoms with Gasteiger partial charge in [0.1, 0.15) is 0 Å². The van der Waals surface area contributed by atoms with Crippen LogP contribution >= 0.6 is 0 Å². The van der Waals surface area contributed by atoms with Gasteiger partial charge in [-0.25, -0.2) is 0 Å². The molecule has 0 aromatic heterocycles. The quantitative estimate of drug-likeness (QED) is 0.681. The molecule has 0 unspecified atom stereocenters. The molecule has 0 saturated heterocycles. The molecule has 1 N–H and O–H groups in total. The molecule has 0 amide bonds. The summed E-state index contributed by atoms with van der Waals surface area (Å²) in [4.78, 5) is 0. The van der Waals surface area contributed by atoms with Crippen molar-refractivity contribution in [3.05, 3.63) is 0 Å². The zero-order valence-corrected chi connectivity index (χ0v) is 8.61. The van der Waals surface area contributed by atoms with Gasteiger partial charge in [0.15, 0.2) is 0 Å². The lowest BCUT2D eigenvalue weighted by molar-refractivity contribution is 0.175. The Morgan fingerprint density at radius 2 is 1.73 bits per heavy atom. The zero-order valence-electron chi connectivity index (χ0n) is 8.61. The highest BCUT2D eigenvalue weighted by Gasteiger charge is 1.91. The fraction of sp³-hybridized carbons (Fsp3) is 1.00. The van der Waals surface area contributed by atoms with Gasteiger partial charge in [0.2, 0.25) is 0 Å². The highest BCUT2D eigenvalue weighted by molar-refractivity contribution is 4.51. The van der Waals surface area contributed by atoms with Gasteiger partial charge in [0.25, 0.3) is 0 Å². The molecule has 11 heavy (non-hydrogen) atoms. The van der Waals surface area contributed by atoms with Crippen LogP contribution in [-0.2, 0) is 4.74 Å². The minimum atomic E-state index is 0.477. The highest BCUT2D eigenvalue weighted by Crippen LogP contribution is 1.77. The fourth-order valence-corrected chi connectivity index (χ4v) is 0.333. The summed E-state index contributed by atoms with van der Waals surface area (Å²) in [5.41, 5.74) is 0. The summed E-state index contributed by atoms with van der Waals surface area (Å²) >= 11 is 0. The Labute approximate surface area is 71.3 Å². The molecule has 1 atom stereocenters. The van der Waals surface area contributed by atoms with E-state index in [0.29, 0.717) is 6.04 Å². The van der Waals surface area contributed by atoms with Gasteiger partial charge < -0.3 is 10.1 Å². The number of methoxy groups -OCH3 is 1. The maximum absolute atomic E-state index is 4.83. The second kappa shape index (κ2) is 12.6. The topological polar surface area (TPSA) is 21.3 Å². The molecule has 0 aliphatic heterocycles.